The minimum atomic E-state index is 0.182. The van der Waals surface area contributed by atoms with E-state index in [0.29, 0.717) is 12.6 Å². The number of carbonyl (C=O) groups excluding carboxylic acids is 1. The second-order valence-electron chi connectivity index (χ2n) is 6.00. The summed E-state index contributed by atoms with van der Waals surface area (Å²) in [4.78, 5) is 17.0. The van der Waals surface area contributed by atoms with E-state index in [1.165, 1.54) is 13.0 Å². The number of rotatable bonds is 4. The molecule has 0 aromatic heterocycles. The molecule has 2 rings (SSSR count). The Morgan fingerprint density at radius 1 is 1.25 bits per heavy atom. The lowest BCUT2D eigenvalue weighted by Crippen LogP contribution is -2.50. The summed E-state index contributed by atoms with van der Waals surface area (Å²) in [6.45, 7) is 8.07. The molecule has 2 heterocycles. The van der Waals surface area contributed by atoms with Crippen LogP contribution < -0.4 is 5.32 Å². The molecule has 2 fully saturated rings. The lowest BCUT2D eigenvalue weighted by atomic mass is 9.95. The van der Waals surface area contributed by atoms with E-state index in [9.17, 15) is 4.79 Å². The van der Waals surface area contributed by atoms with Gasteiger partial charge in [0.15, 0.2) is 0 Å². The Morgan fingerprint density at radius 3 is 2.65 bits per heavy atom. The molecule has 20 heavy (non-hydrogen) atoms. The van der Waals surface area contributed by atoms with Crippen LogP contribution in [0.5, 0.6) is 0 Å². The SMILES string of the molecule is C#CCN1CCC(C(=O)N[C@H]2CCCN(CC)C2)CC1. The predicted octanol–water partition coefficient (Wildman–Crippen LogP) is 0.932. The smallest absolute Gasteiger partial charge is 0.223 e. The Kier molecular flexibility index (Phi) is 5.87. The van der Waals surface area contributed by atoms with Crippen molar-refractivity contribution in [3.05, 3.63) is 0 Å². The summed E-state index contributed by atoms with van der Waals surface area (Å²) in [5, 5.41) is 3.26. The topological polar surface area (TPSA) is 35.6 Å². The molecule has 2 aliphatic rings. The van der Waals surface area contributed by atoms with Crippen molar-refractivity contribution in [2.75, 3.05) is 39.3 Å². The molecule has 0 aromatic rings. The zero-order valence-corrected chi connectivity index (χ0v) is 12.6. The number of carbonyl (C=O) groups is 1. The van der Waals surface area contributed by atoms with Gasteiger partial charge in [-0.2, -0.15) is 0 Å². The highest BCUT2D eigenvalue weighted by molar-refractivity contribution is 5.79. The van der Waals surface area contributed by atoms with E-state index in [2.05, 4.69) is 28.0 Å². The molecule has 0 saturated carbocycles. The van der Waals surface area contributed by atoms with Gasteiger partial charge in [-0.15, -0.1) is 6.42 Å². The lowest BCUT2D eigenvalue weighted by Gasteiger charge is -2.34. The molecule has 2 aliphatic heterocycles. The summed E-state index contributed by atoms with van der Waals surface area (Å²) in [5.41, 5.74) is 0. The van der Waals surface area contributed by atoms with Crippen molar-refractivity contribution in [2.45, 2.75) is 38.6 Å². The van der Waals surface area contributed by atoms with Gasteiger partial charge in [-0.3, -0.25) is 9.69 Å². The molecule has 112 valence electrons. The Hall–Kier alpha value is -1.05. The van der Waals surface area contributed by atoms with Crippen LogP contribution >= 0.6 is 0 Å². The van der Waals surface area contributed by atoms with E-state index in [1.54, 1.807) is 0 Å². The number of likely N-dealkylation sites (tertiary alicyclic amines) is 2. The van der Waals surface area contributed by atoms with Crippen LogP contribution in [0.1, 0.15) is 32.6 Å². The van der Waals surface area contributed by atoms with E-state index in [0.717, 1.165) is 45.4 Å². The molecule has 0 unspecified atom stereocenters. The van der Waals surface area contributed by atoms with Crippen LogP contribution in [-0.4, -0.2) is 61.0 Å². The van der Waals surface area contributed by atoms with E-state index in [4.69, 9.17) is 6.42 Å². The molecule has 0 aliphatic carbocycles. The normalized spacial score (nSPS) is 26.1. The van der Waals surface area contributed by atoms with Crippen molar-refractivity contribution in [1.29, 1.82) is 0 Å². The van der Waals surface area contributed by atoms with Crippen molar-refractivity contribution < 1.29 is 4.79 Å². The van der Waals surface area contributed by atoms with E-state index >= 15 is 0 Å². The third-order valence-electron chi connectivity index (χ3n) is 4.57. The van der Waals surface area contributed by atoms with Crippen LogP contribution in [0, 0.1) is 18.3 Å². The Morgan fingerprint density at radius 2 is 2.00 bits per heavy atom. The first-order valence-corrected chi connectivity index (χ1v) is 7.91. The number of hydrogen-bond donors (Lipinski definition) is 1. The summed E-state index contributed by atoms with van der Waals surface area (Å²) in [6.07, 6.45) is 9.53. The number of amides is 1. The van der Waals surface area contributed by atoms with Gasteiger partial charge in [-0.25, -0.2) is 0 Å². The monoisotopic (exact) mass is 277 g/mol. The Labute approximate surface area is 122 Å². The molecule has 0 aromatic carbocycles. The zero-order valence-electron chi connectivity index (χ0n) is 12.6. The van der Waals surface area contributed by atoms with Gasteiger partial charge in [0, 0.05) is 18.5 Å². The average Bonchev–Trinajstić information content (AvgIpc) is 2.48. The number of likely N-dealkylation sites (N-methyl/N-ethyl adjacent to an activating group) is 1. The molecule has 0 spiro atoms. The number of piperidine rings is 2. The van der Waals surface area contributed by atoms with Crippen LogP contribution in [0.25, 0.3) is 0 Å². The molecule has 4 nitrogen and oxygen atoms in total. The molecule has 0 radical (unpaired) electrons. The lowest BCUT2D eigenvalue weighted by molar-refractivity contribution is -0.127. The van der Waals surface area contributed by atoms with Gasteiger partial charge < -0.3 is 10.2 Å². The summed E-state index contributed by atoms with van der Waals surface area (Å²) in [6, 6.07) is 0.347. The maximum Gasteiger partial charge on any atom is 0.223 e. The van der Waals surface area contributed by atoms with Gasteiger partial charge >= 0.3 is 0 Å². The highest BCUT2D eigenvalue weighted by atomic mass is 16.2. The first kappa shape index (κ1) is 15.3. The molecule has 1 N–H and O–H groups in total. The van der Waals surface area contributed by atoms with Crippen LogP contribution in [-0.2, 0) is 4.79 Å². The number of hydrogen-bond acceptors (Lipinski definition) is 3. The predicted molar refractivity (Wildman–Crippen MR) is 81.3 cm³/mol. The summed E-state index contributed by atoms with van der Waals surface area (Å²) in [7, 11) is 0. The standard InChI is InChI=1S/C16H27N3O/c1-3-9-19-11-7-14(8-12-19)16(20)17-15-6-5-10-18(4-2)13-15/h1,14-15H,4-13H2,2H3,(H,17,20)/t15-/m0/s1. The third-order valence-corrected chi connectivity index (χ3v) is 4.57. The van der Waals surface area contributed by atoms with Gasteiger partial charge in [0.05, 0.1) is 6.54 Å². The van der Waals surface area contributed by atoms with Crippen LogP contribution in [0.15, 0.2) is 0 Å². The van der Waals surface area contributed by atoms with Crippen LogP contribution in [0.2, 0.25) is 0 Å². The van der Waals surface area contributed by atoms with Crippen molar-refractivity contribution in [3.8, 4) is 12.3 Å². The van der Waals surface area contributed by atoms with E-state index < -0.39 is 0 Å². The zero-order chi connectivity index (χ0) is 14.4. The minimum Gasteiger partial charge on any atom is -0.352 e. The van der Waals surface area contributed by atoms with Gasteiger partial charge in [0.1, 0.15) is 0 Å². The first-order chi connectivity index (χ1) is 9.72. The summed E-state index contributed by atoms with van der Waals surface area (Å²) >= 11 is 0. The van der Waals surface area contributed by atoms with Crippen molar-refractivity contribution >= 4 is 5.91 Å². The molecule has 1 amide bonds. The quantitative estimate of drug-likeness (QED) is 0.777. The largest absolute Gasteiger partial charge is 0.352 e. The fourth-order valence-electron chi connectivity index (χ4n) is 3.26. The molecule has 2 saturated heterocycles. The first-order valence-electron chi connectivity index (χ1n) is 7.91. The number of nitrogens with one attached hydrogen (secondary N) is 1. The summed E-state index contributed by atoms with van der Waals surface area (Å²) in [5.74, 6) is 3.12. The Balaban J connectivity index is 1.74. The van der Waals surface area contributed by atoms with Gasteiger partial charge in [0.2, 0.25) is 5.91 Å². The summed E-state index contributed by atoms with van der Waals surface area (Å²) < 4.78 is 0. The molecule has 4 heteroatoms. The fourth-order valence-corrected chi connectivity index (χ4v) is 3.26. The minimum absolute atomic E-state index is 0.182. The van der Waals surface area contributed by atoms with Crippen molar-refractivity contribution in [2.24, 2.45) is 5.92 Å². The maximum atomic E-state index is 12.3. The second-order valence-corrected chi connectivity index (χ2v) is 6.00. The van der Waals surface area contributed by atoms with E-state index in [-0.39, 0.29) is 11.8 Å². The van der Waals surface area contributed by atoms with Gasteiger partial charge in [0.25, 0.3) is 0 Å². The fraction of sp³-hybridized carbons (Fsp3) is 0.812. The van der Waals surface area contributed by atoms with Crippen LogP contribution in [0.4, 0.5) is 0 Å². The van der Waals surface area contributed by atoms with Crippen LogP contribution in [0.3, 0.4) is 0 Å². The van der Waals surface area contributed by atoms with Gasteiger partial charge in [-0.1, -0.05) is 12.8 Å². The van der Waals surface area contributed by atoms with Gasteiger partial charge in [-0.05, 0) is 51.9 Å². The van der Waals surface area contributed by atoms with Crippen molar-refractivity contribution in [1.82, 2.24) is 15.1 Å². The third kappa shape index (κ3) is 4.22. The number of nitrogens with zero attached hydrogens (tertiary/aromatic N) is 2. The van der Waals surface area contributed by atoms with Crippen molar-refractivity contribution in [3.63, 3.8) is 0 Å². The molecule has 0 bridgehead atoms. The highest BCUT2D eigenvalue weighted by Gasteiger charge is 2.27. The van der Waals surface area contributed by atoms with E-state index in [1.807, 2.05) is 0 Å². The second kappa shape index (κ2) is 7.66. The molecular weight excluding hydrogens is 250 g/mol. The maximum absolute atomic E-state index is 12.3. The highest BCUT2D eigenvalue weighted by Crippen LogP contribution is 2.18. The Bertz CT molecular complexity index is 355. The number of terminal acetylenes is 1. The molecule has 1 atom stereocenters. The average molecular weight is 277 g/mol. The molecular formula is C16H27N3O.